The summed E-state index contributed by atoms with van der Waals surface area (Å²) in [7, 11) is 0. The molecule has 0 aliphatic rings. The minimum Gasteiger partial charge on any atom is -0.493 e. The summed E-state index contributed by atoms with van der Waals surface area (Å²) >= 11 is 0. The zero-order chi connectivity index (χ0) is 28.9. The standard InChI is InChI=1S/C22H27F3O3.C6H2F4O/c1-4-7-26-16-12-20(27-8-5-2)22(21(13-16)28-9-6-3)15-10-18(24)17(14-23)19(25)11-15;7-4-1-3(11-10)2-5(8)6(4)9/h10-13H,4-9,14H2,1-3H3;1-2H. The van der Waals surface area contributed by atoms with E-state index in [1.165, 1.54) is 0 Å². The SMILES string of the molecule is CCCOc1cc(OCCC)c(-c2cc(F)c(CF)c(F)c2)c(OCCC)c1.FOc1cc(F)c(F)c(F)c1. The molecule has 3 rings (SSSR count). The molecule has 4 nitrogen and oxygen atoms in total. The summed E-state index contributed by atoms with van der Waals surface area (Å²) in [6.45, 7) is 6.07. The monoisotopic (exact) mass is 562 g/mol. The van der Waals surface area contributed by atoms with Gasteiger partial charge in [0.25, 0.3) is 0 Å². The number of alkyl halides is 1. The van der Waals surface area contributed by atoms with Crippen molar-refractivity contribution in [1.29, 1.82) is 0 Å². The van der Waals surface area contributed by atoms with Gasteiger partial charge in [-0.2, -0.15) is 0 Å². The summed E-state index contributed by atoms with van der Waals surface area (Å²) in [5.74, 6) is -5.83. The van der Waals surface area contributed by atoms with Gasteiger partial charge in [0, 0.05) is 28.8 Å². The van der Waals surface area contributed by atoms with Crippen molar-refractivity contribution < 1.29 is 50.0 Å². The van der Waals surface area contributed by atoms with Crippen molar-refractivity contribution in [2.24, 2.45) is 0 Å². The average molecular weight is 563 g/mol. The summed E-state index contributed by atoms with van der Waals surface area (Å²) in [6.07, 6.45) is 2.35. The fourth-order valence-corrected chi connectivity index (χ4v) is 3.26. The lowest BCUT2D eigenvalue weighted by Gasteiger charge is -2.19. The number of benzene rings is 3. The lowest BCUT2D eigenvalue weighted by Crippen LogP contribution is -2.04. The van der Waals surface area contributed by atoms with Crippen LogP contribution in [0.5, 0.6) is 23.0 Å². The first-order chi connectivity index (χ1) is 18.7. The summed E-state index contributed by atoms with van der Waals surface area (Å²) in [5, 5.41) is 0. The van der Waals surface area contributed by atoms with Crippen molar-refractivity contribution in [2.45, 2.75) is 46.7 Å². The third-order valence-electron chi connectivity index (χ3n) is 5.05. The molecule has 11 heteroatoms. The maximum atomic E-state index is 14.2. The topological polar surface area (TPSA) is 36.9 Å². The Kier molecular flexibility index (Phi) is 12.7. The fraction of sp³-hybridized carbons (Fsp3) is 0.357. The third kappa shape index (κ3) is 8.69. The van der Waals surface area contributed by atoms with Crippen molar-refractivity contribution in [3.8, 4) is 34.1 Å². The molecular weight excluding hydrogens is 533 g/mol. The Morgan fingerprint density at radius 2 is 1.05 bits per heavy atom. The van der Waals surface area contributed by atoms with E-state index in [-0.39, 0.29) is 5.56 Å². The van der Waals surface area contributed by atoms with Gasteiger partial charge in [-0.1, -0.05) is 20.8 Å². The van der Waals surface area contributed by atoms with Crippen molar-refractivity contribution in [1.82, 2.24) is 0 Å². The van der Waals surface area contributed by atoms with Crippen molar-refractivity contribution >= 4 is 0 Å². The van der Waals surface area contributed by atoms with Gasteiger partial charge in [0.1, 0.15) is 35.6 Å². The zero-order valence-corrected chi connectivity index (χ0v) is 21.7. The summed E-state index contributed by atoms with van der Waals surface area (Å²) in [6, 6.07) is 6.41. The molecule has 0 saturated carbocycles. The Morgan fingerprint density at radius 3 is 1.46 bits per heavy atom. The highest BCUT2D eigenvalue weighted by atomic mass is 19.3. The van der Waals surface area contributed by atoms with Gasteiger partial charge in [0.2, 0.25) is 0 Å². The molecule has 3 aromatic rings. The largest absolute Gasteiger partial charge is 0.493 e. The minimum atomic E-state index is -1.65. The molecule has 0 unspecified atom stereocenters. The van der Waals surface area contributed by atoms with Crippen LogP contribution in [-0.4, -0.2) is 19.8 Å². The fourth-order valence-electron chi connectivity index (χ4n) is 3.26. The molecule has 0 heterocycles. The molecule has 0 bridgehead atoms. The Hall–Kier alpha value is -3.63. The second-order valence-electron chi connectivity index (χ2n) is 8.17. The molecular formula is C28H29F7O4. The van der Waals surface area contributed by atoms with E-state index in [0.29, 0.717) is 54.8 Å². The van der Waals surface area contributed by atoms with Gasteiger partial charge in [0.15, 0.2) is 23.2 Å². The van der Waals surface area contributed by atoms with Crippen LogP contribution in [0.15, 0.2) is 36.4 Å². The first-order valence-corrected chi connectivity index (χ1v) is 12.2. The highest BCUT2D eigenvalue weighted by molar-refractivity contribution is 5.78. The van der Waals surface area contributed by atoms with Gasteiger partial charge >= 0.3 is 0 Å². The first kappa shape index (κ1) is 31.6. The lowest BCUT2D eigenvalue weighted by atomic mass is 10.0. The van der Waals surface area contributed by atoms with Crippen LogP contribution in [0, 0.1) is 29.1 Å². The van der Waals surface area contributed by atoms with E-state index in [4.69, 9.17) is 14.2 Å². The first-order valence-electron chi connectivity index (χ1n) is 12.2. The van der Waals surface area contributed by atoms with Crippen LogP contribution in [0.25, 0.3) is 11.1 Å². The van der Waals surface area contributed by atoms with E-state index >= 15 is 0 Å². The number of hydrogen-bond acceptors (Lipinski definition) is 4. The Morgan fingerprint density at radius 1 is 0.590 bits per heavy atom. The lowest BCUT2D eigenvalue weighted by molar-refractivity contribution is -0.00711. The average Bonchev–Trinajstić information content (AvgIpc) is 2.92. The van der Waals surface area contributed by atoms with Crippen molar-refractivity contribution in [3.63, 3.8) is 0 Å². The Balaban J connectivity index is 0.000000404. The van der Waals surface area contributed by atoms with Gasteiger partial charge in [-0.05, 0) is 37.0 Å². The van der Waals surface area contributed by atoms with Crippen molar-refractivity contribution in [2.75, 3.05) is 19.8 Å². The predicted octanol–water partition coefficient (Wildman–Crippen LogP) is 8.83. The molecule has 0 saturated heterocycles. The van der Waals surface area contributed by atoms with E-state index in [0.717, 1.165) is 31.4 Å². The molecule has 0 atom stereocenters. The molecule has 0 N–H and O–H groups in total. The molecule has 0 radical (unpaired) electrons. The number of rotatable bonds is 12. The van der Waals surface area contributed by atoms with Gasteiger partial charge in [0.05, 0.1) is 30.9 Å². The van der Waals surface area contributed by atoms with Crippen LogP contribution >= 0.6 is 0 Å². The molecule has 0 aliphatic carbocycles. The van der Waals surface area contributed by atoms with E-state index in [1.54, 1.807) is 12.1 Å². The highest BCUT2D eigenvalue weighted by Crippen LogP contribution is 2.43. The van der Waals surface area contributed by atoms with E-state index in [2.05, 4.69) is 4.94 Å². The van der Waals surface area contributed by atoms with Crippen LogP contribution in [0.3, 0.4) is 0 Å². The third-order valence-corrected chi connectivity index (χ3v) is 5.05. The molecule has 0 amide bonds. The molecule has 3 aromatic carbocycles. The summed E-state index contributed by atoms with van der Waals surface area (Å²) in [4.78, 5) is 2.98. The summed E-state index contributed by atoms with van der Waals surface area (Å²) < 4.78 is 106. The molecule has 39 heavy (non-hydrogen) atoms. The van der Waals surface area contributed by atoms with E-state index < -0.39 is 47.1 Å². The quantitative estimate of drug-likeness (QED) is 0.163. The maximum Gasteiger partial charge on any atom is 0.194 e. The molecule has 214 valence electrons. The molecule has 0 aromatic heterocycles. The van der Waals surface area contributed by atoms with E-state index in [9.17, 15) is 30.9 Å². The number of ether oxygens (including phenoxy) is 3. The molecule has 0 aliphatic heterocycles. The highest BCUT2D eigenvalue weighted by Gasteiger charge is 2.20. The number of hydrogen-bond donors (Lipinski definition) is 0. The van der Waals surface area contributed by atoms with Crippen LogP contribution < -0.4 is 19.2 Å². The summed E-state index contributed by atoms with van der Waals surface area (Å²) in [5.41, 5.74) is 0.0686. The van der Waals surface area contributed by atoms with Crippen LogP contribution in [-0.2, 0) is 6.67 Å². The Labute approximate surface area is 222 Å². The van der Waals surface area contributed by atoms with Gasteiger partial charge in [-0.25, -0.2) is 26.3 Å². The zero-order valence-electron chi connectivity index (χ0n) is 21.7. The van der Waals surface area contributed by atoms with Crippen LogP contribution in [0.4, 0.5) is 30.9 Å². The maximum absolute atomic E-state index is 14.2. The smallest absolute Gasteiger partial charge is 0.194 e. The second kappa shape index (κ2) is 15.7. The number of halogens is 7. The van der Waals surface area contributed by atoms with Gasteiger partial charge in [-0.3, -0.25) is 4.94 Å². The molecule has 0 spiro atoms. The second-order valence-corrected chi connectivity index (χ2v) is 8.17. The van der Waals surface area contributed by atoms with Crippen molar-refractivity contribution in [3.05, 3.63) is 71.0 Å². The normalized spacial score (nSPS) is 10.5. The van der Waals surface area contributed by atoms with Gasteiger partial charge in [-0.15, -0.1) is 0 Å². The van der Waals surface area contributed by atoms with Crippen LogP contribution in [0.1, 0.15) is 45.6 Å². The van der Waals surface area contributed by atoms with E-state index in [1.807, 2.05) is 20.8 Å². The van der Waals surface area contributed by atoms with Gasteiger partial charge < -0.3 is 14.2 Å². The predicted molar refractivity (Wildman–Crippen MR) is 132 cm³/mol. The Bertz CT molecular complexity index is 1150. The van der Waals surface area contributed by atoms with Crippen LogP contribution in [0.2, 0.25) is 0 Å². The minimum absolute atomic E-state index is 0.228. The molecule has 0 fully saturated rings.